The molecular formula is C32H51NO3. The molecule has 0 aromatic heterocycles. The van der Waals surface area contributed by atoms with Crippen molar-refractivity contribution in [3.05, 3.63) is 12.2 Å². The van der Waals surface area contributed by atoms with Crippen molar-refractivity contribution in [2.24, 2.45) is 62.4 Å². The number of esters is 1. The molecule has 5 fully saturated rings. The second kappa shape index (κ2) is 8.09. The molecule has 5 rings (SSSR count). The number of allylic oxidation sites excluding steroid dienone is 1. The van der Waals surface area contributed by atoms with Gasteiger partial charge in [0, 0.05) is 12.3 Å². The molecule has 202 valence electrons. The third kappa shape index (κ3) is 3.17. The van der Waals surface area contributed by atoms with Crippen molar-refractivity contribution in [2.45, 2.75) is 119 Å². The van der Waals surface area contributed by atoms with Gasteiger partial charge < -0.3 is 10.5 Å². The van der Waals surface area contributed by atoms with Crippen LogP contribution in [0.3, 0.4) is 0 Å². The minimum absolute atomic E-state index is 0.0120. The van der Waals surface area contributed by atoms with E-state index in [0.29, 0.717) is 29.6 Å². The molecule has 5 aliphatic rings. The fourth-order valence-electron chi connectivity index (χ4n) is 12.0. The number of carbonyl (C=O) groups excluding carboxylic acids is 2. The van der Waals surface area contributed by atoms with E-state index >= 15 is 0 Å². The zero-order valence-electron chi connectivity index (χ0n) is 24.0. The lowest BCUT2D eigenvalue weighted by Gasteiger charge is -2.72. The standard InChI is InChI=1S/C32H51NO3/c1-19(2)21-11-16-32(27(33)35)18-17-30(7)22(26(21)32)9-10-24-29(6)14-13-25(36-20(3)34)28(4,5)23(29)12-15-31(24,30)8/h21-26H,1,9-18H2,2-8H3,(H2,33,35)/t21?,22?,23?,24?,25-,26?,29-,30+,31+,32-/m0/s1. The molecule has 2 N–H and O–H groups in total. The first-order valence-electron chi connectivity index (χ1n) is 14.8. The molecule has 10 atom stereocenters. The third-order valence-corrected chi connectivity index (χ3v) is 13.8. The first-order chi connectivity index (χ1) is 16.6. The lowest BCUT2D eigenvalue weighted by atomic mass is 9.32. The number of amides is 1. The van der Waals surface area contributed by atoms with E-state index in [-0.39, 0.29) is 45.1 Å². The van der Waals surface area contributed by atoms with E-state index in [1.807, 2.05) is 0 Å². The van der Waals surface area contributed by atoms with E-state index in [1.54, 1.807) is 6.92 Å². The maximum absolute atomic E-state index is 13.0. The van der Waals surface area contributed by atoms with E-state index < -0.39 is 0 Å². The SMILES string of the molecule is C=C(C)C1CC[C@]2(C(N)=O)CC[C@]3(C)C(CCC4[C@@]5(C)CC[C@H](OC(C)=O)C(C)(C)C5CC[C@]43C)C12. The average Bonchev–Trinajstić information content (AvgIpc) is 3.17. The van der Waals surface area contributed by atoms with Crippen LogP contribution in [0.2, 0.25) is 0 Å². The van der Waals surface area contributed by atoms with Gasteiger partial charge in [0.1, 0.15) is 6.10 Å². The fourth-order valence-corrected chi connectivity index (χ4v) is 12.0. The van der Waals surface area contributed by atoms with E-state index in [2.05, 4.69) is 48.1 Å². The molecule has 5 aliphatic carbocycles. The van der Waals surface area contributed by atoms with E-state index in [9.17, 15) is 9.59 Å². The normalized spacial score (nSPS) is 51.2. The summed E-state index contributed by atoms with van der Waals surface area (Å²) in [5, 5.41) is 0. The summed E-state index contributed by atoms with van der Waals surface area (Å²) in [5.41, 5.74) is 7.84. The number of fused-ring (bicyclic) bond motifs is 7. The largest absolute Gasteiger partial charge is 0.462 e. The monoisotopic (exact) mass is 497 g/mol. The van der Waals surface area contributed by atoms with Gasteiger partial charge in [0.05, 0.1) is 5.41 Å². The third-order valence-electron chi connectivity index (χ3n) is 13.8. The fraction of sp³-hybridized carbons (Fsp3) is 0.875. The summed E-state index contributed by atoms with van der Waals surface area (Å²) in [6, 6.07) is 0. The van der Waals surface area contributed by atoms with Crippen LogP contribution in [0.1, 0.15) is 113 Å². The number of ether oxygens (including phenoxy) is 1. The van der Waals surface area contributed by atoms with Crippen LogP contribution < -0.4 is 5.73 Å². The minimum atomic E-state index is -0.331. The van der Waals surface area contributed by atoms with Crippen LogP contribution in [0.25, 0.3) is 0 Å². The first kappa shape index (κ1) is 26.3. The molecule has 36 heavy (non-hydrogen) atoms. The van der Waals surface area contributed by atoms with Crippen LogP contribution >= 0.6 is 0 Å². The highest BCUT2D eigenvalue weighted by atomic mass is 16.5. The van der Waals surface area contributed by atoms with Crippen LogP contribution in [-0.2, 0) is 14.3 Å². The number of carbonyl (C=O) groups is 2. The highest BCUT2D eigenvalue weighted by molar-refractivity contribution is 5.82. The summed E-state index contributed by atoms with van der Waals surface area (Å²) in [5.74, 6) is 2.34. The Morgan fingerprint density at radius 3 is 2.11 bits per heavy atom. The van der Waals surface area contributed by atoms with Crippen molar-refractivity contribution in [3.8, 4) is 0 Å². The molecule has 0 aliphatic heterocycles. The second-order valence-electron chi connectivity index (χ2n) is 15.2. The highest BCUT2D eigenvalue weighted by Gasteiger charge is 2.71. The molecule has 0 saturated heterocycles. The van der Waals surface area contributed by atoms with Gasteiger partial charge in [-0.15, -0.1) is 0 Å². The first-order valence-corrected chi connectivity index (χ1v) is 14.8. The van der Waals surface area contributed by atoms with Gasteiger partial charge in [-0.05, 0) is 117 Å². The Bertz CT molecular complexity index is 970. The maximum Gasteiger partial charge on any atom is 0.302 e. The van der Waals surface area contributed by atoms with Gasteiger partial charge in [0.2, 0.25) is 5.91 Å². The molecule has 5 unspecified atom stereocenters. The molecule has 4 heteroatoms. The van der Waals surface area contributed by atoms with E-state index in [0.717, 1.165) is 38.5 Å². The van der Waals surface area contributed by atoms with Gasteiger partial charge in [-0.2, -0.15) is 0 Å². The van der Waals surface area contributed by atoms with Gasteiger partial charge in [0.15, 0.2) is 0 Å². The molecule has 0 radical (unpaired) electrons. The number of primary amides is 1. The van der Waals surface area contributed by atoms with Crippen LogP contribution in [-0.4, -0.2) is 18.0 Å². The van der Waals surface area contributed by atoms with Gasteiger partial charge in [-0.25, -0.2) is 0 Å². The predicted molar refractivity (Wildman–Crippen MR) is 144 cm³/mol. The van der Waals surface area contributed by atoms with Gasteiger partial charge >= 0.3 is 5.97 Å². The van der Waals surface area contributed by atoms with E-state index in [1.165, 1.54) is 31.3 Å². The predicted octanol–water partition coefficient (Wildman–Crippen LogP) is 7.06. The maximum atomic E-state index is 13.0. The number of hydrogen-bond donors (Lipinski definition) is 1. The summed E-state index contributed by atoms with van der Waals surface area (Å²) in [4.78, 5) is 24.9. The van der Waals surface area contributed by atoms with Gasteiger partial charge in [0.25, 0.3) is 0 Å². The Morgan fingerprint density at radius 1 is 0.806 bits per heavy atom. The molecule has 0 aromatic rings. The summed E-state index contributed by atoms with van der Waals surface area (Å²) >= 11 is 0. The molecule has 0 aromatic carbocycles. The minimum Gasteiger partial charge on any atom is -0.462 e. The Kier molecular flexibility index (Phi) is 5.91. The summed E-state index contributed by atoms with van der Waals surface area (Å²) in [6.07, 6.45) is 11.1. The van der Waals surface area contributed by atoms with Crippen LogP contribution in [0, 0.1) is 56.7 Å². The zero-order chi connectivity index (χ0) is 26.5. The highest BCUT2D eigenvalue weighted by Crippen LogP contribution is 2.77. The lowest BCUT2D eigenvalue weighted by Crippen LogP contribution is -2.67. The van der Waals surface area contributed by atoms with Crippen LogP contribution in [0.4, 0.5) is 0 Å². The van der Waals surface area contributed by atoms with Crippen molar-refractivity contribution < 1.29 is 14.3 Å². The second-order valence-corrected chi connectivity index (χ2v) is 15.2. The number of hydrogen-bond acceptors (Lipinski definition) is 3. The summed E-state index contributed by atoms with van der Waals surface area (Å²) < 4.78 is 5.89. The summed E-state index contributed by atoms with van der Waals surface area (Å²) in [6.45, 7) is 20.7. The zero-order valence-corrected chi connectivity index (χ0v) is 24.0. The molecule has 0 heterocycles. The molecule has 5 saturated carbocycles. The molecule has 0 spiro atoms. The topological polar surface area (TPSA) is 69.4 Å². The summed E-state index contributed by atoms with van der Waals surface area (Å²) in [7, 11) is 0. The van der Waals surface area contributed by atoms with Crippen molar-refractivity contribution in [1.82, 2.24) is 0 Å². The molecule has 0 bridgehead atoms. The Labute approximate surface area is 219 Å². The van der Waals surface area contributed by atoms with Crippen molar-refractivity contribution in [1.29, 1.82) is 0 Å². The van der Waals surface area contributed by atoms with Gasteiger partial charge in [-0.3, -0.25) is 9.59 Å². The lowest BCUT2D eigenvalue weighted by molar-refractivity contribution is -0.248. The Balaban J connectivity index is 1.52. The van der Waals surface area contributed by atoms with Crippen LogP contribution in [0.5, 0.6) is 0 Å². The van der Waals surface area contributed by atoms with E-state index in [4.69, 9.17) is 10.5 Å². The average molecular weight is 498 g/mol. The molecule has 1 amide bonds. The number of rotatable bonds is 3. The quantitative estimate of drug-likeness (QED) is 0.335. The molecule has 4 nitrogen and oxygen atoms in total. The van der Waals surface area contributed by atoms with Crippen molar-refractivity contribution >= 4 is 11.9 Å². The molecular weight excluding hydrogens is 446 g/mol. The van der Waals surface area contributed by atoms with Crippen LogP contribution in [0.15, 0.2) is 12.2 Å². The smallest absolute Gasteiger partial charge is 0.302 e. The van der Waals surface area contributed by atoms with Crippen molar-refractivity contribution in [3.63, 3.8) is 0 Å². The number of nitrogens with two attached hydrogens (primary N) is 1. The van der Waals surface area contributed by atoms with Gasteiger partial charge in [-0.1, -0.05) is 46.8 Å². The van der Waals surface area contributed by atoms with Crippen molar-refractivity contribution in [2.75, 3.05) is 0 Å². The Hall–Kier alpha value is -1.32. The Morgan fingerprint density at radius 2 is 1.50 bits per heavy atom.